The van der Waals surface area contributed by atoms with E-state index in [1.807, 2.05) is 0 Å². The average molecular weight is 169 g/mol. The molecule has 0 aromatic heterocycles. The quantitative estimate of drug-likeness (QED) is 0.531. The molecule has 0 aromatic rings. The number of carbonyl (C=O) groups excluding carboxylic acids is 2. The minimum atomic E-state index is -1.36. The number of nitrogens with one attached hydrogen (secondary N) is 1. The minimum Gasteiger partial charge on any atom is -0.367 e. The molecular formula is C8H11NO3. The Morgan fingerprint density at radius 3 is 2.25 bits per heavy atom. The highest BCUT2D eigenvalue weighted by Crippen LogP contribution is 2.24. The average Bonchev–Trinajstić information content (AvgIpc) is 2.02. The van der Waals surface area contributed by atoms with Gasteiger partial charge in [0.25, 0.3) is 5.91 Å². The first-order valence-electron chi connectivity index (χ1n) is 3.63. The van der Waals surface area contributed by atoms with Crippen LogP contribution in [-0.4, -0.2) is 22.5 Å². The molecule has 12 heavy (non-hydrogen) atoms. The summed E-state index contributed by atoms with van der Waals surface area (Å²) in [5, 5.41) is 11.8. The second-order valence-corrected chi connectivity index (χ2v) is 3.08. The number of hydrogen-bond donors (Lipinski definition) is 2. The molecule has 2 N–H and O–H groups in total. The van der Waals surface area contributed by atoms with Crippen LogP contribution in [0.2, 0.25) is 0 Å². The highest BCUT2D eigenvalue weighted by atomic mass is 16.3. The van der Waals surface area contributed by atoms with E-state index in [4.69, 9.17) is 0 Å². The van der Waals surface area contributed by atoms with E-state index < -0.39 is 11.6 Å². The number of aliphatic hydroxyl groups is 1. The van der Waals surface area contributed by atoms with E-state index in [0.29, 0.717) is 5.57 Å². The zero-order valence-electron chi connectivity index (χ0n) is 7.26. The van der Waals surface area contributed by atoms with Crippen molar-refractivity contribution in [2.75, 3.05) is 0 Å². The van der Waals surface area contributed by atoms with Gasteiger partial charge in [0.05, 0.1) is 5.57 Å². The van der Waals surface area contributed by atoms with Crippen molar-refractivity contribution in [3.8, 4) is 0 Å². The van der Waals surface area contributed by atoms with E-state index in [2.05, 4.69) is 5.32 Å². The first-order valence-corrected chi connectivity index (χ1v) is 3.63. The van der Waals surface area contributed by atoms with Gasteiger partial charge >= 0.3 is 0 Å². The maximum atomic E-state index is 11.1. The van der Waals surface area contributed by atoms with Gasteiger partial charge in [0, 0.05) is 0 Å². The third kappa shape index (κ3) is 1.14. The molecule has 0 saturated heterocycles. The van der Waals surface area contributed by atoms with E-state index in [9.17, 15) is 14.7 Å². The zero-order chi connectivity index (χ0) is 9.52. The molecule has 0 saturated carbocycles. The number of rotatable bonds is 1. The lowest BCUT2D eigenvalue weighted by atomic mass is 10.0. The van der Waals surface area contributed by atoms with Crippen LogP contribution in [0.4, 0.5) is 0 Å². The Balaban J connectivity index is 3.20. The summed E-state index contributed by atoms with van der Waals surface area (Å²) < 4.78 is 0. The van der Waals surface area contributed by atoms with E-state index in [1.54, 1.807) is 6.92 Å². The maximum Gasteiger partial charge on any atom is 0.257 e. The summed E-state index contributed by atoms with van der Waals surface area (Å²) in [6.07, 6.45) is 0. The van der Waals surface area contributed by atoms with Gasteiger partial charge in [-0.1, -0.05) is 0 Å². The molecule has 0 radical (unpaired) electrons. The molecule has 1 atom stereocenters. The molecule has 4 nitrogen and oxygen atoms in total. The maximum absolute atomic E-state index is 11.1. The Bertz CT molecular complexity index is 289. The molecule has 1 rings (SSSR count). The molecule has 1 aliphatic rings. The van der Waals surface area contributed by atoms with Crippen molar-refractivity contribution in [2.45, 2.75) is 26.5 Å². The molecule has 66 valence electrons. The van der Waals surface area contributed by atoms with Gasteiger partial charge in [-0.25, -0.2) is 0 Å². The van der Waals surface area contributed by atoms with Crippen molar-refractivity contribution in [2.24, 2.45) is 0 Å². The highest BCUT2D eigenvalue weighted by molar-refractivity contribution is 6.21. The van der Waals surface area contributed by atoms with Crippen LogP contribution < -0.4 is 5.32 Å². The van der Waals surface area contributed by atoms with Crippen LogP contribution in [-0.2, 0) is 9.59 Å². The van der Waals surface area contributed by atoms with Gasteiger partial charge in [-0.15, -0.1) is 0 Å². The first kappa shape index (κ1) is 8.93. The van der Waals surface area contributed by atoms with Crippen molar-refractivity contribution < 1.29 is 14.7 Å². The Kier molecular flexibility index (Phi) is 1.80. The van der Waals surface area contributed by atoms with Crippen molar-refractivity contribution in [3.05, 3.63) is 11.1 Å². The molecule has 0 unspecified atom stereocenters. The molecular weight excluding hydrogens is 158 g/mol. The second kappa shape index (κ2) is 2.42. The summed E-state index contributed by atoms with van der Waals surface area (Å²) in [5.41, 5.74) is -0.905. The van der Waals surface area contributed by atoms with E-state index in [-0.39, 0.29) is 11.4 Å². The molecule has 0 aromatic carbocycles. The Morgan fingerprint density at radius 1 is 1.58 bits per heavy atom. The van der Waals surface area contributed by atoms with Gasteiger partial charge in [0.1, 0.15) is 0 Å². The standard InChI is InChI=1S/C8H11NO3/c1-4-6(5(2)10)7(11)9-8(4,3)12/h12H,1-3H3,(H,9,11)/t8-/m0/s1. The van der Waals surface area contributed by atoms with Gasteiger partial charge < -0.3 is 10.4 Å². The number of hydrogen-bond acceptors (Lipinski definition) is 3. The fourth-order valence-corrected chi connectivity index (χ4v) is 1.21. The van der Waals surface area contributed by atoms with Crippen molar-refractivity contribution in [3.63, 3.8) is 0 Å². The van der Waals surface area contributed by atoms with Crippen LogP contribution in [0, 0.1) is 0 Å². The molecule has 4 heteroatoms. The normalized spacial score (nSPS) is 29.2. The van der Waals surface area contributed by atoms with Gasteiger partial charge in [0.15, 0.2) is 11.5 Å². The van der Waals surface area contributed by atoms with E-state index in [0.717, 1.165) is 0 Å². The molecule has 1 heterocycles. The van der Waals surface area contributed by atoms with Gasteiger partial charge in [-0.2, -0.15) is 0 Å². The summed E-state index contributed by atoms with van der Waals surface area (Å²) in [4.78, 5) is 22.0. The molecule has 1 aliphatic heterocycles. The van der Waals surface area contributed by atoms with Crippen molar-refractivity contribution >= 4 is 11.7 Å². The number of Topliss-reactive ketones (excluding diaryl/α,β-unsaturated/α-hetero) is 1. The van der Waals surface area contributed by atoms with Crippen LogP contribution in [0.1, 0.15) is 20.8 Å². The van der Waals surface area contributed by atoms with Crippen molar-refractivity contribution in [1.29, 1.82) is 0 Å². The lowest BCUT2D eigenvalue weighted by Crippen LogP contribution is -2.40. The Morgan fingerprint density at radius 2 is 2.08 bits per heavy atom. The molecule has 1 amide bonds. The minimum absolute atomic E-state index is 0.0694. The summed E-state index contributed by atoms with van der Waals surface area (Å²) in [7, 11) is 0. The predicted molar refractivity (Wildman–Crippen MR) is 42.1 cm³/mol. The molecule has 0 bridgehead atoms. The Hall–Kier alpha value is -1.16. The lowest BCUT2D eigenvalue weighted by Gasteiger charge is -2.17. The fraction of sp³-hybridized carbons (Fsp3) is 0.500. The summed E-state index contributed by atoms with van der Waals surface area (Å²) in [6.45, 7) is 4.31. The third-order valence-electron chi connectivity index (χ3n) is 2.04. The monoisotopic (exact) mass is 169 g/mol. The molecule has 0 spiro atoms. The molecule has 0 fully saturated rings. The summed E-state index contributed by atoms with van der Waals surface area (Å²) in [5.74, 6) is -0.812. The van der Waals surface area contributed by atoms with Crippen LogP contribution in [0.25, 0.3) is 0 Å². The first-order chi connectivity index (χ1) is 5.36. The topological polar surface area (TPSA) is 66.4 Å². The third-order valence-corrected chi connectivity index (χ3v) is 2.04. The van der Waals surface area contributed by atoms with Crippen LogP contribution in [0.5, 0.6) is 0 Å². The number of ketones is 1. The second-order valence-electron chi connectivity index (χ2n) is 3.08. The highest BCUT2D eigenvalue weighted by Gasteiger charge is 2.38. The Labute approximate surface area is 70.3 Å². The van der Waals surface area contributed by atoms with Gasteiger partial charge in [-0.05, 0) is 26.3 Å². The van der Waals surface area contributed by atoms with Crippen molar-refractivity contribution in [1.82, 2.24) is 5.32 Å². The van der Waals surface area contributed by atoms with Gasteiger partial charge in [-0.3, -0.25) is 9.59 Å². The van der Waals surface area contributed by atoms with E-state index in [1.165, 1.54) is 13.8 Å². The SMILES string of the molecule is CC(=O)C1=C(C)[C@](C)(O)NC1=O. The van der Waals surface area contributed by atoms with Gasteiger partial charge in [0.2, 0.25) is 0 Å². The smallest absolute Gasteiger partial charge is 0.257 e. The fourth-order valence-electron chi connectivity index (χ4n) is 1.21. The lowest BCUT2D eigenvalue weighted by molar-refractivity contribution is -0.122. The molecule has 0 aliphatic carbocycles. The van der Waals surface area contributed by atoms with Crippen LogP contribution in [0.3, 0.4) is 0 Å². The number of carbonyl (C=O) groups is 2. The number of amides is 1. The summed E-state index contributed by atoms with van der Waals surface area (Å²) >= 11 is 0. The largest absolute Gasteiger partial charge is 0.367 e. The predicted octanol–water partition coefficient (Wildman–Crippen LogP) is -0.270. The zero-order valence-corrected chi connectivity index (χ0v) is 7.26. The summed E-state index contributed by atoms with van der Waals surface area (Å²) in [6, 6.07) is 0. The van der Waals surface area contributed by atoms with Crippen LogP contribution >= 0.6 is 0 Å². The van der Waals surface area contributed by atoms with Crippen LogP contribution in [0.15, 0.2) is 11.1 Å². The van der Waals surface area contributed by atoms with E-state index >= 15 is 0 Å².